The Morgan fingerprint density at radius 3 is 1.37 bits per heavy atom. The van der Waals surface area contributed by atoms with Gasteiger partial charge in [-0.1, -0.05) is 162 Å². The fourth-order valence-electron chi connectivity index (χ4n) is 6.58. The number of aliphatic hydroxyl groups is 4. The fourth-order valence-corrected chi connectivity index (χ4v) is 6.58. The molecule has 4 N–H and O–H groups in total. The van der Waals surface area contributed by atoms with Gasteiger partial charge >= 0.3 is 11.9 Å². The molecule has 0 aliphatic carbocycles. The van der Waals surface area contributed by atoms with Gasteiger partial charge in [-0.3, -0.25) is 9.59 Å². The monoisotopic (exact) mass is 883 g/mol. The van der Waals surface area contributed by atoms with Crippen molar-refractivity contribution >= 4 is 11.9 Å². The lowest BCUT2D eigenvalue weighted by Crippen LogP contribution is -2.59. The Hall–Kier alpha value is -3.38. The maximum atomic E-state index is 12.8. The number of esters is 2. The normalized spacial score (nSPS) is 20.4. The summed E-state index contributed by atoms with van der Waals surface area (Å²) >= 11 is 0. The molecule has 0 aromatic carbocycles. The molecular formula is C53H86O10. The molecule has 1 aliphatic heterocycles. The van der Waals surface area contributed by atoms with Gasteiger partial charge in [-0.05, 0) is 89.9 Å². The van der Waals surface area contributed by atoms with Crippen LogP contribution in [0.5, 0.6) is 0 Å². The minimum absolute atomic E-state index is 0.137. The lowest BCUT2D eigenvalue weighted by Gasteiger charge is -2.39. The van der Waals surface area contributed by atoms with E-state index in [0.29, 0.717) is 25.7 Å². The van der Waals surface area contributed by atoms with E-state index in [1.165, 1.54) is 70.6 Å². The molecule has 0 aromatic rings. The van der Waals surface area contributed by atoms with Gasteiger partial charge in [-0.25, -0.2) is 0 Å². The lowest BCUT2D eigenvalue weighted by molar-refractivity contribution is -0.305. The van der Waals surface area contributed by atoms with Crippen molar-refractivity contribution < 1.29 is 49.0 Å². The van der Waals surface area contributed by atoms with Crippen molar-refractivity contribution in [2.45, 2.75) is 205 Å². The van der Waals surface area contributed by atoms with Crippen LogP contribution in [-0.4, -0.2) is 89.0 Å². The minimum atomic E-state index is -1.62. The zero-order valence-corrected chi connectivity index (χ0v) is 39.0. The van der Waals surface area contributed by atoms with Crippen LogP contribution in [0.2, 0.25) is 0 Å². The van der Waals surface area contributed by atoms with Crippen molar-refractivity contribution in [3.05, 3.63) is 97.2 Å². The Kier molecular flexibility index (Phi) is 38.9. The molecule has 1 heterocycles. The van der Waals surface area contributed by atoms with E-state index in [1.807, 2.05) is 12.2 Å². The largest absolute Gasteiger partial charge is 0.462 e. The van der Waals surface area contributed by atoms with E-state index in [-0.39, 0.29) is 26.1 Å². The maximum Gasteiger partial charge on any atom is 0.306 e. The fraction of sp³-hybridized carbons (Fsp3) is 0.660. The Balaban J connectivity index is 2.39. The Morgan fingerprint density at radius 1 is 0.492 bits per heavy atom. The first-order chi connectivity index (χ1) is 30.8. The molecule has 0 aromatic heterocycles. The minimum Gasteiger partial charge on any atom is -0.462 e. The van der Waals surface area contributed by atoms with Crippen LogP contribution in [0.25, 0.3) is 0 Å². The molecule has 0 saturated carbocycles. The lowest BCUT2D eigenvalue weighted by atomic mass is 9.99. The molecule has 0 spiro atoms. The molecule has 1 saturated heterocycles. The summed E-state index contributed by atoms with van der Waals surface area (Å²) in [6.45, 7) is 3.27. The number of carbonyl (C=O) groups is 2. The second-order valence-electron chi connectivity index (χ2n) is 16.2. The van der Waals surface area contributed by atoms with E-state index in [0.717, 1.165) is 44.9 Å². The molecular weight excluding hydrogens is 797 g/mol. The summed E-state index contributed by atoms with van der Waals surface area (Å²) in [6, 6.07) is 0. The number of unbranched alkanes of at least 4 members (excludes halogenated alkanes) is 12. The SMILES string of the molecule is CCCCC/C=C/C/C=C/C/C=C/C/C=C/CCCC(=O)O[C@@H](COC(=O)CCC/C=C/C/C=C/C/C=C/C/C=C/CCCCCCCCC)CO[C@H]1O[C@@H](CO)[C@@H](O)C(O)C1O. The first-order valence-electron chi connectivity index (χ1n) is 24.3. The molecule has 0 bridgehead atoms. The quantitative estimate of drug-likeness (QED) is 0.0267. The molecule has 0 amide bonds. The zero-order chi connectivity index (χ0) is 45.9. The molecule has 1 rings (SSSR count). The molecule has 358 valence electrons. The van der Waals surface area contributed by atoms with E-state index in [9.17, 15) is 30.0 Å². The average Bonchev–Trinajstić information content (AvgIpc) is 3.28. The predicted molar refractivity (Wildman–Crippen MR) is 256 cm³/mol. The summed E-state index contributed by atoms with van der Waals surface area (Å²) < 4.78 is 22.1. The number of ether oxygens (including phenoxy) is 4. The third-order valence-electron chi connectivity index (χ3n) is 10.4. The van der Waals surface area contributed by atoms with E-state index in [2.05, 4.69) is 98.9 Å². The topological polar surface area (TPSA) is 152 Å². The van der Waals surface area contributed by atoms with Crippen LogP contribution in [-0.2, 0) is 28.5 Å². The van der Waals surface area contributed by atoms with Gasteiger partial charge in [0.1, 0.15) is 31.0 Å². The van der Waals surface area contributed by atoms with Gasteiger partial charge in [0, 0.05) is 12.8 Å². The average molecular weight is 883 g/mol. The highest BCUT2D eigenvalue weighted by Crippen LogP contribution is 2.22. The van der Waals surface area contributed by atoms with Gasteiger partial charge in [0.05, 0.1) is 13.2 Å². The number of allylic oxidation sites excluding steroid dienone is 16. The summed E-state index contributed by atoms with van der Waals surface area (Å²) in [6.07, 6.45) is 50.0. The molecule has 10 heteroatoms. The summed E-state index contributed by atoms with van der Waals surface area (Å²) in [5.41, 5.74) is 0. The van der Waals surface area contributed by atoms with Crippen molar-refractivity contribution in [3.63, 3.8) is 0 Å². The molecule has 10 nitrogen and oxygen atoms in total. The van der Waals surface area contributed by atoms with E-state index < -0.39 is 55.4 Å². The highest BCUT2D eigenvalue weighted by molar-refractivity contribution is 5.70. The van der Waals surface area contributed by atoms with Gasteiger partial charge in [-0.15, -0.1) is 0 Å². The van der Waals surface area contributed by atoms with E-state index >= 15 is 0 Å². The third kappa shape index (κ3) is 33.8. The molecule has 1 aliphatic rings. The van der Waals surface area contributed by atoms with Crippen LogP contribution in [0, 0.1) is 0 Å². The highest BCUT2D eigenvalue weighted by atomic mass is 16.7. The number of carbonyl (C=O) groups excluding carboxylic acids is 2. The Labute approximate surface area is 381 Å². The second kappa shape index (κ2) is 42.6. The molecule has 2 unspecified atom stereocenters. The summed E-state index contributed by atoms with van der Waals surface area (Å²) in [5.74, 6) is -0.946. The van der Waals surface area contributed by atoms with Crippen LogP contribution < -0.4 is 0 Å². The summed E-state index contributed by atoms with van der Waals surface area (Å²) in [5, 5.41) is 40.1. The van der Waals surface area contributed by atoms with Crippen LogP contribution in [0.15, 0.2) is 97.2 Å². The summed E-state index contributed by atoms with van der Waals surface area (Å²) in [4.78, 5) is 25.3. The van der Waals surface area contributed by atoms with Crippen LogP contribution in [0.1, 0.15) is 168 Å². The predicted octanol–water partition coefficient (Wildman–Crippen LogP) is 11.1. The number of rotatable bonds is 39. The Morgan fingerprint density at radius 2 is 0.889 bits per heavy atom. The molecule has 6 atom stereocenters. The first kappa shape index (κ1) is 57.6. The van der Waals surface area contributed by atoms with E-state index in [4.69, 9.17) is 18.9 Å². The molecule has 1 fully saturated rings. The number of aliphatic hydroxyl groups excluding tert-OH is 4. The highest BCUT2D eigenvalue weighted by Gasteiger charge is 2.44. The number of hydrogen-bond acceptors (Lipinski definition) is 10. The Bertz CT molecular complexity index is 1340. The second-order valence-corrected chi connectivity index (χ2v) is 16.2. The van der Waals surface area contributed by atoms with E-state index in [1.54, 1.807) is 0 Å². The third-order valence-corrected chi connectivity index (χ3v) is 10.4. The van der Waals surface area contributed by atoms with Gasteiger partial charge < -0.3 is 39.4 Å². The van der Waals surface area contributed by atoms with Crippen molar-refractivity contribution in [1.82, 2.24) is 0 Å². The van der Waals surface area contributed by atoms with Crippen molar-refractivity contribution in [3.8, 4) is 0 Å². The van der Waals surface area contributed by atoms with Crippen LogP contribution >= 0.6 is 0 Å². The zero-order valence-electron chi connectivity index (χ0n) is 39.0. The standard InChI is InChI=1S/C53H86O10/c1-3-5-7-9-11-13-15-17-19-21-22-23-24-26-27-29-31-33-35-37-39-41-48(55)60-44-46(45-61-53-52(59)51(58)50(57)47(43-54)63-53)62-49(56)42-40-38-36-34-32-30-28-25-20-18-16-14-12-10-8-6-4-2/h12,14,18-21,23-24,27-30,33-36,46-47,50-54,57-59H,3-11,13,15-17,22,25-26,31-32,37-45H2,1-2H3/b14-12+,20-18+,21-19+,24-23+,29-27+,30-28+,35-33+,36-34+/t46-,47-,50+,51?,52?,53-/m0/s1. The van der Waals surface area contributed by atoms with Gasteiger partial charge in [0.25, 0.3) is 0 Å². The molecule has 63 heavy (non-hydrogen) atoms. The number of hydrogen-bond donors (Lipinski definition) is 4. The van der Waals surface area contributed by atoms with Gasteiger partial charge in [-0.2, -0.15) is 0 Å². The smallest absolute Gasteiger partial charge is 0.306 e. The van der Waals surface area contributed by atoms with Crippen LogP contribution in [0.4, 0.5) is 0 Å². The van der Waals surface area contributed by atoms with Crippen molar-refractivity contribution in [2.75, 3.05) is 19.8 Å². The van der Waals surface area contributed by atoms with Gasteiger partial charge in [0.15, 0.2) is 12.4 Å². The summed E-state index contributed by atoms with van der Waals surface area (Å²) in [7, 11) is 0. The van der Waals surface area contributed by atoms with Gasteiger partial charge in [0.2, 0.25) is 0 Å². The van der Waals surface area contributed by atoms with Crippen LogP contribution in [0.3, 0.4) is 0 Å². The van der Waals surface area contributed by atoms with Crippen molar-refractivity contribution in [2.24, 2.45) is 0 Å². The maximum absolute atomic E-state index is 12.8. The first-order valence-corrected chi connectivity index (χ1v) is 24.3. The van der Waals surface area contributed by atoms with Crippen molar-refractivity contribution in [1.29, 1.82) is 0 Å². The molecule has 0 radical (unpaired) electrons.